The monoisotopic (exact) mass is 270 g/mol. The van der Waals surface area contributed by atoms with Crippen molar-refractivity contribution in [1.82, 2.24) is 9.88 Å². The zero-order valence-corrected chi connectivity index (χ0v) is 12.3. The van der Waals surface area contributed by atoms with Gasteiger partial charge in [0.1, 0.15) is 10.7 Å². The number of rotatable bonds is 6. The molecular weight excluding hydrogens is 248 g/mol. The van der Waals surface area contributed by atoms with Gasteiger partial charge < -0.3 is 16.0 Å². The fraction of sp³-hybridized carbons (Fsp3) is 0.667. The van der Waals surface area contributed by atoms with Gasteiger partial charge in [0.15, 0.2) is 5.13 Å². The van der Waals surface area contributed by atoms with Crippen LogP contribution in [-0.4, -0.2) is 35.9 Å². The Morgan fingerprint density at radius 3 is 2.78 bits per heavy atom. The van der Waals surface area contributed by atoms with Crippen molar-refractivity contribution >= 4 is 28.2 Å². The molecule has 1 heterocycles. The van der Waals surface area contributed by atoms with Crippen molar-refractivity contribution in [2.75, 3.05) is 31.2 Å². The average Bonchev–Trinajstić information content (AvgIpc) is 2.69. The summed E-state index contributed by atoms with van der Waals surface area (Å²) in [4.78, 5) is 18.6. The van der Waals surface area contributed by atoms with E-state index in [1.165, 1.54) is 11.3 Å². The van der Waals surface area contributed by atoms with Crippen LogP contribution in [0.1, 0.15) is 36.9 Å². The first-order valence-electron chi connectivity index (χ1n) is 6.25. The van der Waals surface area contributed by atoms with Crippen molar-refractivity contribution in [3.05, 3.63) is 4.88 Å². The third-order valence-electron chi connectivity index (χ3n) is 2.80. The van der Waals surface area contributed by atoms with E-state index in [0.717, 1.165) is 19.5 Å². The lowest BCUT2D eigenvalue weighted by atomic mass is 10.1. The van der Waals surface area contributed by atoms with Gasteiger partial charge in [0.05, 0.1) is 0 Å². The normalized spacial score (nSPS) is 12.2. The lowest BCUT2D eigenvalue weighted by molar-refractivity contribution is 0.0780. The second kappa shape index (κ2) is 6.58. The SMILES string of the molecule is CCNc1nc(N)c(C(=O)N(C)CC(C)CC)s1. The zero-order chi connectivity index (χ0) is 13.7. The standard InChI is InChI=1S/C12H22N4OS/c1-5-8(3)7-16(4)11(17)9-10(13)15-12(18-9)14-6-2/h8H,5-7,13H2,1-4H3,(H,14,15). The summed E-state index contributed by atoms with van der Waals surface area (Å²) in [5.41, 5.74) is 5.79. The molecule has 1 aromatic rings. The van der Waals surface area contributed by atoms with Crippen LogP contribution < -0.4 is 11.1 Å². The molecule has 1 unspecified atom stereocenters. The fourth-order valence-electron chi connectivity index (χ4n) is 1.56. The molecular formula is C12H22N4OS. The summed E-state index contributed by atoms with van der Waals surface area (Å²) >= 11 is 1.32. The highest BCUT2D eigenvalue weighted by atomic mass is 32.1. The van der Waals surface area contributed by atoms with Crippen LogP contribution in [0.4, 0.5) is 10.9 Å². The number of hydrogen-bond acceptors (Lipinski definition) is 5. The van der Waals surface area contributed by atoms with E-state index in [1.54, 1.807) is 11.9 Å². The second-order valence-corrected chi connectivity index (χ2v) is 5.46. The van der Waals surface area contributed by atoms with Gasteiger partial charge in [-0.25, -0.2) is 4.98 Å². The summed E-state index contributed by atoms with van der Waals surface area (Å²) in [6, 6.07) is 0. The number of nitrogen functional groups attached to an aromatic ring is 1. The molecule has 18 heavy (non-hydrogen) atoms. The lowest BCUT2D eigenvalue weighted by Gasteiger charge is -2.20. The van der Waals surface area contributed by atoms with Gasteiger partial charge >= 0.3 is 0 Å². The van der Waals surface area contributed by atoms with Crippen molar-refractivity contribution in [2.45, 2.75) is 27.2 Å². The minimum Gasteiger partial charge on any atom is -0.382 e. The number of thiazole rings is 1. The number of hydrogen-bond donors (Lipinski definition) is 2. The maximum absolute atomic E-state index is 12.2. The molecule has 1 rings (SSSR count). The molecule has 6 heteroatoms. The van der Waals surface area contributed by atoms with Gasteiger partial charge in [-0.3, -0.25) is 4.79 Å². The average molecular weight is 270 g/mol. The van der Waals surface area contributed by atoms with E-state index in [0.29, 0.717) is 21.7 Å². The van der Waals surface area contributed by atoms with Gasteiger partial charge in [0, 0.05) is 20.1 Å². The molecule has 0 radical (unpaired) electrons. The number of nitrogens with two attached hydrogens (primary N) is 1. The molecule has 1 aromatic heterocycles. The molecule has 0 saturated heterocycles. The van der Waals surface area contributed by atoms with Crippen LogP contribution >= 0.6 is 11.3 Å². The number of nitrogens with zero attached hydrogens (tertiary/aromatic N) is 2. The Morgan fingerprint density at radius 1 is 1.56 bits per heavy atom. The van der Waals surface area contributed by atoms with E-state index in [1.807, 2.05) is 6.92 Å². The van der Waals surface area contributed by atoms with Crippen LogP contribution in [0.3, 0.4) is 0 Å². The van der Waals surface area contributed by atoms with Gasteiger partial charge in [-0.05, 0) is 12.8 Å². The Hall–Kier alpha value is -1.30. The topological polar surface area (TPSA) is 71.2 Å². The Balaban J connectivity index is 2.76. The Morgan fingerprint density at radius 2 is 2.22 bits per heavy atom. The number of anilines is 2. The number of amides is 1. The Kier molecular flexibility index (Phi) is 5.40. The molecule has 0 aromatic carbocycles. The largest absolute Gasteiger partial charge is 0.382 e. The Labute approximate surface area is 112 Å². The zero-order valence-electron chi connectivity index (χ0n) is 11.5. The first kappa shape index (κ1) is 14.8. The highest BCUT2D eigenvalue weighted by Crippen LogP contribution is 2.26. The van der Waals surface area contributed by atoms with Gasteiger partial charge in [-0.2, -0.15) is 0 Å². The first-order chi connectivity index (χ1) is 8.49. The maximum atomic E-state index is 12.2. The summed E-state index contributed by atoms with van der Waals surface area (Å²) in [5.74, 6) is 0.757. The van der Waals surface area contributed by atoms with E-state index in [2.05, 4.69) is 24.1 Å². The maximum Gasteiger partial charge on any atom is 0.267 e. The second-order valence-electron chi connectivity index (χ2n) is 4.46. The molecule has 0 aliphatic rings. The van der Waals surface area contributed by atoms with E-state index < -0.39 is 0 Å². The molecule has 102 valence electrons. The van der Waals surface area contributed by atoms with Crippen LogP contribution in [0, 0.1) is 5.92 Å². The van der Waals surface area contributed by atoms with E-state index in [-0.39, 0.29) is 5.91 Å². The third kappa shape index (κ3) is 3.60. The van der Waals surface area contributed by atoms with Crippen molar-refractivity contribution in [3.8, 4) is 0 Å². The van der Waals surface area contributed by atoms with Crippen LogP contribution in [0.15, 0.2) is 0 Å². The minimum absolute atomic E-state index is 0.0468. The quantitative estimate of drug-likeness (QED) is 0.832. The van der Waals surface area contributed by atoms with E-state index >= 15 is 0 Å². The first-order valence-corrected chi connectivity index (χ1v) is 7.06. The summed E-state index contributed by atoms with van der Waals surface area (Å²) < 4.78 is 0. The third-order valence-corrected chi connectivity index (χ3v) is 3.82. The van der Waals surface area contributed by atoms with Gasteiger partial charge in [-0.15, -0.1) is 0 Å². The van der Waals surface area contributed by atoms with Gasteiger partial charge in [0.2, 0.25) is 0 Å². The highest BCUT2D eigenvalue weighted by molar-refractivity contribution is 7.18. The van der Waals surface area contributed by atoms with Crippen molar-refractivity contribution in [3.63, 3.8) is 0 Å². The number of carbonyl (C=O) groups excluding carboxylic acids is 1. The predicted octanol–water partition coefficient (Wildman–Crippen LogP) is 2.28. The van der Waals surface area contributed by atoms with E-state index in [4.69, 9.17) is 5.73 Å². The molecule has 0 aliphatic heterocycles. The number of carbonyl (C=O) groups is 1. The number of aromatic nitrogens is 1. The minimum atomic E-state index is -0.0468. The van der Waals surface area contributed by atoms with Crippen LogP contribution in [0.5, 0.6) is 0 Å². The van der Waals surface area contributed by atoms with Crippen LogP contribution in [0.25, 0.3) is 0 Å². The van der Waals surface area contributed by atoms with Gasteiger partial charge in [0.25, 0.3) is 5.91 Å². The molecule has 3 N–H and O–H groups in total. The molecule has 1 atom stereocenters. The highest BCUT2D eigenvalue weighted by Gasteiger charge is 2.20. The molecule has 1 amide bonds. The smallest absolute Gasteiger partial charge is 0.267 e. The molecule has 0 bridgehead atoms. The van der Waals surface area contributed by atoms with Crippen LogP contribution in [-0.2, 0) is 0 Å². The van der Waals surface area contributed by atoms with Gasteiger partial charge in [-0.1, -0.05) is 31.6 Å². The summed E-state index contributed by atoms with van der Waals surface area (Å²) in [7, 11) is 1.81. The van der Waals surface area contributed by atoms with E-state index in [9.17, 15) is 4.79 Å². The number of nitrogens with one attached hydrogen (secondary N) is 1. The van der Waals surface area contributed by atoms with Crippen molar-refractivity contribution < 1.29 is 4.79 Å². The molecule has 0 fully saturated rings. The lowest BCUT2D eigenvalue weighted by Crippen LogP contribution is -2.30. The summed E-state index contributed by atoms with van der Waals surface area (Å²) in [6.07, 6.45) is 1.05. The molecule has 0 saturated carbocycles. The summed E-state index contributed by atoms with van der Waals surface area (Å²) in [6.45, 7) is 7.73. The Bertz CT molecular complexity index is 405. The molecule has 0 aliphatic carbocycles. The fourth-order valence-corrected chi connectivity index (χ4v) is 2.51. The molecule has 0 spiro atoms. The molecule has 5 nitrogen and oxygen atoms in total. The van der Waals surface area contributed by atoms with Crippen molar-refractivity contribution in [1.29, 1.82) is 0 Å². The van der Waals surface area contributed by atoms with Crippen LogP contribution in [0.2, 0.25) is 0 Å². The summed E-state index contributed by atoms with van der Waals surface area (Å²) in [5, 5.41) is 3.78. The predicted molar refractivity (Wildman–Crippen MR) is 77.1 cm³/mol. The van der Waals surface area contributed by atoms with Crippen molar-refractivity contribution in [2.24, 2.45) is 5.92 Å².